The summed E-state index contributed by atoms with van der Waals surface area (Å²) >= 11 is 0. The van der Waals surface area contributed by atoms with Crippen molar-refractivity contribution < 1.29 is 4.42 Å². The summed E-state index contributed by atoms with van der Waals surface area (Å²) in [5.41, 5.74) is 1.43. The third-order valence-corrected chi connectivity index (χ3v) is 4.29. The van der Waals surface area contributed by atoms with E-state index in [1.165, 1.54) is 18.5 Å². The van der Waals surface area contributed by atoms with Crippen molar-refractivity contribution in [1.82, 2.24) is 10.2 Å². The molecule has 1 N–H and O–H groups in total. The van der Waals surface area contributed by atoms with Gasteiger partial charge in [-0.2, -0.15) is 0 Å². The molecule has 1 unspecified atom stereocenters. The first-order valence-corrected chi connectivity index (χ1v) is 7.87. The molecule has 2 atom stereocenters. The molecule has 0 saturated carbocycles. The third-order valence-electron chi connectivity index (χ3n) is 4.29. The molecule has 1 aliphatic heterocycles. The molecule has 3 rings (SSSR count). The van der Waals surface area contributed by atoms with Crippen molar-refractivity contribution in [3.05, 3.63) is 60.1 Å². The zero-order valence-corrected chi connectivity index (χ0v) is 12.7. The molecule has 0 amide bonds. The van der Waals surface area contributed by atoms with E-state index >= 15 is 0 Å². The minimum Gasteiger partial charge on any atom is -0.468 e. The SMILES string of the molecule is C[C@@H](NC1CCN(CCc2ccccc2)C1)c1ccco1. The molecular weight excluding hydrogens is 260 g/mol. The molecule has 1 aromatic carbocycles. The van der Waals surface area contributed by atoms with Gasteiger partial charge in [0.1, 0.15) is 5.76 Å². The number of hydrogen-bond donors (Lipinski definition) is 1. The monoisotopic (exact) mass is 284 g/mol. The minimum absolute atomic E-state index is 0.291. The van der Waals surface area contributed by atoms with Crippen molar-refractivity contribution in [3.63, 3.8) is 0 Å². The van der Waals surface area contributed by atoms with E-state index in [-0.39, 0.29) is 0 Å². The molecule has 21 heavy (non-hydrogen) atoms. The number of rotatable bonds is 6. The number of nitrogens with one attached hydrogen (secondary N) is 1. The summed E-state index contributed by atoms with van der Waals surface area (Å²) in [6, 6.07) is 15.6. The average Bonchev–Trinajstić information content (AvgIpc) is 3.18. The second-order valence-electron chi connectivity index (χ2n) is 5.93. The van der Waals surface area contributed by atoms with Crippen molar-refractivity contribution in [1.29, 1.82) is 0 Å². The van der Waals surface area contributed by atoms with Crippen LogP contribution in [0.3, 0.4) is 0 Å². The van der Waals surface area contributed by atoms with E-state index < -0.39 is 0 Å². The molecule has 1 aromatic heterocycles. The van der Waals surface area contributed by atoms with E-state index in [0.717, 1.165) is 25.3 Å². The van der Waals surface area contributed by atoms with Gasteiger partial charge in [-0.15, -0.1) is 0 Å². The Bertz CT molecular complexity index is 523. The summed E-state index contributed by atoms with van der Waals surface area (Å²) in [4.78, 5) is 2.56. The highest BCUT2D eigenvalue weighted by Crippen LogP contribution is 2.17. The molecule has 3 nitrogen and oxygen atoms in total. The lowest BCUT2D eigenvalue weighted by Crippen LogP contribution is -2.34. The van der Waals surface area contributed by atoms with Gasteiger partial charge in [0.25, 0.3) is 0 Å². The van der Waals surface area contributed by atoms with E-state index in [1.54, 1.807) is 6.26 Å². The summed E-state index contributed by atoms with van der Waals surface area (Å²) in [5, 5.41) is 3.67. The smallest absolute Gasteiger partial charge is 0.120 e. The van der Waals surface area contributed by atoms with Crippen molar-refractivity contribution >= 4 is 0 Å². The van der Waals surface area contributed by atoms with Crippen LogP contribution in [0.25, 0.3) is 0 Å². The third kappa shape index (κ3) is 3.96. The van der Waals surface area contributed by atoms with Gasteiger partial charge in [-0.25, -0.2) is 0 Å². The van der Waals surface area contributed by atoms with E-state index in [1.807, 2.05) is 12.1 Å². The fourth-order valence-electron chi connectivity index (χ4n) is 3.08. The summed E-state index contributed by atoms with van der Waals surface area (Å²) in [5.74, 6) is 1.03. The quantitative estimate of drug-likeness (QED) is 0.882. The Kier molecular flexibility index (Phi) is 4.73. The van der Waals surface area contributed by atoms with Crippen LogP contribution in [0.5, 0.6) is 0 Å². The zero-order chi connectivity index (χ0) is 14.5. The van der Waals surface area contributed by atoms with E-state index in [4.69, 9.17) is 4.42 Å². The van der Waals surface area contributed by atoms with Crippen molar-refractivity contribution in [2.45, 2.75) is 31.8 Å². The fourth-order valence-corrected chi connectivity index (χ4v) is 3.08. The molecule has 1 aliphatic rings. The maximum absolute atomic E-state index is 5.46. The van der Waals surface area contributed by atoms with Crippen LogP contribution in [0, 0.1) is 0 Å². The highest BCUT2D eigenvalue weighted by molar-refractivity contribution is 5.15. The number of hydrogen-bond acceptors (Lipinski definition) is 3. The van der Waals surface area contributed by atoms with Crippen LogP contribution in [0.1, 0.15) is 30.7 Å². The minimum atomic E-state index is 0.291. The van der Waals surface area contributed by atoms with Crippen molar-refractivity contribution in [2.75, 3.05) is 19.6 Å². The Balaban J connectivity index is 1.43. The maximum atomic E-state index is 5.46. The van der Waals surface area contributed by atoms with Gasteiger partial charge >= 0.3 is 0 Å². The standard InChI is InChI=1S/C18H24N2O/c1-15(18-8-5-13-21-18)19-17-10-12-20(14-17)11-9-16-6-3-2-4-7-16/h2-8,13,15,17,19H,9-12,14H2,1H3/t15-,17?/m1/s1. The van der Waals surface area contributed by atoms with Gasteiger partial charge in [0.05, 0.1) is 12.3 Å². The molecule has 0 radical (unpaired) electrons. The Morgan fingerprint density at radius 3 is 2.86 bits per heavy atom. The number of benzene rings is 1. The van der Waals surface area contributed by atoms with Crippen molar-refractivity contribution in [2.24, 2.45) is 0 Å². The Morgan fingerprint density at radius 2 is 2.10 bits per heavy atom. The van der Waals surface area contributed by atoms with Crippen LogP contribution in [-0.2, 0) is 6.42 Å². The average molecular weight is 284 g/mol. The predicted molar refractivity (Wildman–Crippen MR) is 85.2 cm³/mol. The van der Waals surface area contributed by atoms with Gasteiger partial charge in [0.2, 0.25) is 0 Å². The van der Waals surface area contributed by atoms with Gasteiger partial charge < -0.3 is 14.6 Å². The molecule has 1 fully saturated rings. The van der Waals surface area contributed by atoms with Crippen LogP contribution >= 0.6 is 0 Å². The molecular formula is C18H24N2O. The second kappa shape index (κ2) is 6.92. The molecule has 2 aromatic rings. The molecule has 112 valence electrons. The van der Waals surface area contributed by atoms with Gasteiger partial charge in [-0.1, -0.05) is 30.3 Å². The number of nitrogens with zero attached hydrogens (tertiary/aromatic N) is 1. The van der Waals surface area contributed by atoms with Gasteiger partial charge in [-0.05, 0) is 44.0 Å². The van der Waals surface area contributed by atoms with Gasteiger partial charge in [-0.3, -0.25) is 0 Å². The maximum Gasteiger partial charge on any atom is 0.120 e. The summed E-state index contributed by atoms with van der Waals surface area (Å²) in [6.45, 7) is 5.65. The van der Waals surface area contributed by atoms with Crippen molar-refractivity contribution in [3.8, 4) is 0 Å². The predicted octanol–water partition coefficient (Wildman–Crippen LogP) is 3.25. The van der Waals surface area contributed by atoms with Gasteiger partial charge in [0, 0.05) is 19.1 Å². The normalized spacial score (nSPS) is 20.7. The molecule has 0 spiro atoms. The lowest BCUT2D eigenvalue weighted by Gasteiger charge is -2.19. The topological polar surface area (TPSA) is 28.4 Å². The van der Waals surface area contributed by atoms with E-state index in [9.17, 15) is 0 Å². The van der Waals surface area contributed by atoms with E-state index in [2.05, 4.69) is 47.5 Å². The van der Waals surface area contributed by atoms with Crippen LogP contribution in [0.4, 0.5) is 0 Å². The van der Waals surface area contributed by atoms with Crippen LogP contribution in [0.15, 0.2) is 53.1 Å². The van der Waals surface area contributed by atoms with Gasteiger partial charge in [0.15, 0.2) is 0 Å². The fraction of sp³-hybridized carbons (Fsp3) is 0.444. The zero-order valence-electron chi connectivity index (χ0n) is 12.7. The highest BCUT2D eigenvalue weighted by atomic mass is 16.3. The highest BCUT2D eigenvalue weighted by Gasteiger charge is 2.24. The Morgan fingerprint density at radius 1 is 1.24 bits per heavy atom. The number of furan rings is 1. The molecule has 2 heterocycles. The van der Waals surface area contributed by atoms with Crippen LogP contribution in [-0.4, -0.2) is 30.6 Å². The molecule has 1 saturated heterocycles. The molecule has 0 aliphatic carbocycles. The molecule has 0 bridgehead atoms. The molecule has 3 heteroatoms. The Labute approximate surface area is 127 Å². The first kappa shape index (κ1) is 14.4. The van der Waals surface area contributed by atoms with E-state index in [0.29, 0.717) is 12.1 Å². The summed E-state index contributed by atoms with van der Waals surface area (Å²) < 4.78 is 5.46. The summed E-state index contributed by atoms with van der Waals surface area (Å²) in [7, 11) is 0. The van der Waals surface area contributed by atoms with Crippen LogP contribution in [0.2, 0.25) is 0 Å². The van der Waals surface area contributed by atoms with Crippen LogP contribution < -0.4 is 5.32 Å². The lowest BCUT2D eigenvalue weighted by molar-refractivity contribution is 0.321. The first-order chi connectivity index (χ1) is 10.3. The Hall–Kier alpha value is -1.58. The largest absolute Gasteiger partial charge is 0.468 e. The lowest BCUT2D eigenvalue weighted by atomic mass is 10.1. The second-order valence-corrected chi connectivity index (χ2v) is 5.93. The summed E-state index contributed by atoms with van der Waals surface area (Å²) in [6.07, 6.45) is 4.11. The number of likely N-dealkylation sites (tertiary alicyclic amines) is 1. The first-order valence-electron chi connectivity index (χ1n) is 7.87.